The summed E-state index contributed by atoms with van der Waals surface area (Å²) in [5, 5.41) is 3.49. The molecular formula is C10H22N2. The van der Waals surface area contributed by atoms with Crippen LogP contribution in [0.3, 0.4) is 0 Å². The Morgan fingerprint density at radius 3 is 2.83 bits per heavy atom. The van der Waals surface area contributed by atoms with Crippen molar-refractivity contribution in [3.63, 3.8) is 0 Å². The molecule has 2 heteroatoms. The maximum Gasteiger partial charge on any atom is 0.00420 e. The molecule has 2 atom stereocenters. The number of unbranched alkanes of at least 4 members (excludes halogenated alkanes) is 1. The molecule has 2 nitrogen and oxygen atoms in total. The van der Waals surface area contributed by atoms with E-state index in [-0.39, 0.29) is 0 Å². The van der Waals surface area contributed by atoms with E-state index in [2.05, 4.69) is 12.2 Å². The third-order valence-corrected chi connectivity index (χ3v) is 2.72. The molecule has 0 saturated heterocycles. The van der Waals surface area contributed by atoms with Crippen molar-refractivity contribution in [3.8, 4) is 0 Å². The third-order valence-electron chi connectivity index (χ3n) is 2.72. The Morgan fingerprint density at radius 2 is 2.25 bits per heavy atom. The molecule has 0 spiro atoms. The minimum absolute atomic E-state index is 0.489. The summed E-state index contributed by atoms with van der Waals surface area (Å²) in [6, 6.07) is 0.489. The molecule has 3 N–H and O–H groups in total. The Morgan fingerprint density at radius 1 is 1.42 bits per heavy atom. The second kappa shape index (κ2) is 5.55. The Hall–Kier alpha value is -0.0800. The second-order valence-corrected chi connectivity index (χ2v) is 4.00. The first-order valence-electron chi connectivity index (χ1n) is 5.29. The Kier molecular flexibility index (Phi) is 4.62. The highest BCUT2D eigenvalue weighted by atomic mass is 14.9. The van der Waals surface area contributed by atoms with Gasteiger partial charge in [0.05, 0.1) is 0 Å². The van der Waals surface area contributed by atoms with Crippen LogP contribution in [0.2, 0.25) is 0 Å². The number of nitrogens with two attached hydrogens (primary N) is 1. The standard InChI is InChI=1S/C10H22N2/c1-2-3-6-12-8-9-4-5-10(11)7-9/h9-10,12H,2-8,11H2,1H3/t9-,10+/m1/s1. The van der Waals surface area contributed by atoms with Crippen molar-refractivity contribution in [1.29, 1.82) is 0 Å². The SMILES string of the molecule is CCCCNC[C@@H]1CC[C@H](N)C1. The molecule has 1 aliphatic carbocycles. The second-order valence-electron chi connectivity index (χ2n) is 4.00. The predicted molar refractivity (Wildman–Crippen MR) is 53.1 cm³/mol. The van der Waals surface area contributed by atoms with Crippen molar-refractivity contribution in [3.05, 3.63) is 0 Å². The lowest BCUT2D eigenvalue weighted by molar-refractivity contribution is 0.478. The van der Waals surface area contributed by atoms with Gasteiger partial charge in [0.1, 0.15) is 0 Å². The third kappa shape index (κ3) is 3.55. The molecule has 0 amide bonds. The highest BCUT2D eigenvalue weighted by Crippen LogP contribution is 2.22. The van der Waals surface area contributed by atoms with Gasteiger partial charge in [0.2, 0.25) is 0 Å². The molecular weight excluding hydrogens is 148 g/mol. The summed E-state index contributed by atoms with van der Waals surface area (Å²) in [5.74, 6) is 0.858. The van der Waals surface area contributed by atoms with Crippen LogP contribution in [0.4, 0.5) is 0 Å². The van der Waals surface area contributed by atoms with E-state index in [9.17, 15) is 0 Å². The zero-order valence-electron chi connectivity index (χ0n) is 8.18. The van der Waals surface area contributed by atoms with Gasteiger partial charge in [-0.05, 0) is 44.7 Å². The minimum atomic E-state index is 0.489. The summed E-state index contributed by atoms with van der Waals surface area (Å²) in [7, 11) is 0. The highest BCUT2D eigenvalue weighted by Gasteiger charge is 2.20. The van der Waals surface area contributed by atoms with Crippen LogP contribution >= 0.6 is 0 Å². The smallest absolute Gasteiger partial charge is 0.00420 e. The first-order chi connectivity index (χ1) is 5.83. The molecule has 1 saturated carbocycles. The average molecular weight is 170 g/mol. The topological polar surface area (TPSA) is 38.0 Å². The van der Waals surface area contributed by atoms with Crippen LogP contribution in [0, 0.1) is 5.92 Å². The molecule has 0 radical (unpaired) electrons. The first kappa shape index (κ1) is 10.0. The lowest BCUT2D eigenvalue weighted by atomic mass is 10.1. The van der Waals surface area contributed by atoms with Crippen molar-refractivity contribution >= 4 is 0 Å². The van der Waals surface area contributed by atoms with E-state index in [0.717, 1.165) is 5.92 Å². The Balaban J connectivity index is 1.93. The molecule has 1 rings (SSSR count). The summed E-state index contributed by atoms with van der Waals surface area (Å²) in [4.78, 5) is 0. The largest absolute Gasteiger partial charge is 0.328 e. The van der Waals surface area contributed by atoms with Gasteiger partial charge in [-0.15, -0.1) is 0 Å². The summed E-state index contributed by atoms with van der Waals surface area (Å²) in [6.07, 6.45) is 6.40. The predicted octanol–water partition coefficient (Wildman–Crippen LogP) is 1.50. The van der Waals surface area contributed by atoms with Crippen LogP contribution in [0.25, 0.3) is 0 Å². The maximum absolute atomic E-state index is 5.83. The van der Waals surface area contributed by atoms with Crippen LogP contribution in [-0.2, 0) is 0 Å². The molecule has 0 heterocycles. The fraction of sp³-hybridized carbons (Fsp3) is 1.00. The molecule has 1 aliphatic rings. The van der Waals surface area contributed by atoms with Gasteiger partial charge in [0.25, 0.3) is 0 Å². The first-order valence-corrected chi connectivity index (χ1v) is 5.29. The molecule has 0 aliphatic heterocycles. The number of nitrogens with one attached hydrogen (secondary N) is 1. The van der Waals surface area contributed by atoms with Crippen LogP contribution in [-0.4, -0.2) is 19.1 Å². The van der Waals surface area contributed by atoms with Gasteiger partial charge in [-0.2, -0.15) is 0 Å². The molecule has 0 aromatic heterocycles. The van der Waals surface area contributed by atoms with Gasteiger partial charge in [-0.25, -0.2) is 0 Å². The van der Waals surface area contributed by atoms with E-state index >= 15 is 0 Å². The number of hydrogen-bond acceptors (Lipinski definition) is 2. The van der Waals surface area contributed by atoms with Crippen molar-refractivity contribution in [1.82, 2.24) is 5.32 Å². The zero-order valence-corrected chi connectivity index (χ0v) is 8.18. The van der Waals surface area contributed by atoms with Crippen molar-refractivity contribution in [2.24, 2.45) is 11.7 Å². The summed E-state index contributed by atoms with van der Waals surface area (Å²) in [6.45, 7) is 4.60. The summed E-state index contributed by atoms with van der Waals surface area (Å²) in [5.41, 5.74) is 5.83. The number of hydrogen-bond donors (Lipinski definition) is 2. The van der Waals surface area contributed by atoms with E-state index < -0.39 is 0 Å². The normalized spacial score (nSPS) is 29.5. The minimum Gasteiger partial charge on any atom is -0.328 e. The molecule has 0 aromatic carbocycles. The molecule has 0 aromatic rings. The summed E-state index contributed by atoms with van der Waals surface area (Å²) >= 11 is 0. The lowest BCUT2D eigenvalue weighted by Crippen LogP contribution is -2.23. The lowest BCUT2D eigenvalue weighted by Gasteiger charge is -2.10. The summed E-state index contributed by atoms with van der Waals surface area (Å²) < 4.78 is 0. The van der Waals surface area contributed by atoms with Crippen LogP contribution in [0.15, 0.2) is 0 Å². The van der Waals surface area contributed by atoms with Gasteiger partial charge in [0, 0.05) is 6.04 Å². The Labute approximate surface area is 75.9 Å². The van der Waals surface area contributed by atoms with E-state index in [1.807, 2.05) is 0 Å². The molecule has 72 valence electrons. The zero-order chi connectivity index (χ0) is 8.81. The average Bonchev–Trinajstić information content (AvgIpc) is 2.45. The monoisotopic (exact) mass is 170 g/mol. The van der Waals surface area contributed by atoms with Gasteiger partial charge >= 0.3 is 0 Å². The van der Waals surface area contributed by atoms with Crippen molar-refractivity contribution in [2.75, 3.05) is 13.1 Å². The highest BCUT2D eigenvalue weighted by molar-refractivity contribution is 4.78. The van der Waals surface area contributed by atoms with E-state index in [1.54, 1.807) is 0 Å². The quantitative estimate of drug-likeness (QED) is 0.614. The van der Waals surface area contributed by atoms with Crippen molar-refractivity contribution < 1.29 is 0 Å². The van der Waals surface area contributed by atoms with Crippen LogP contribution in [0.5, 0.6) is 0 Å². The van der Waals surface area contributed by atoms with Gasteiger partial charge in [-0.1, -0.05) is 13.3 Å². The van der Waals surface area contributed by atoms with Crippen LogP contribution in [0.1, 0.15) is 39.0 Å². The van der Waals surface area contributed by atoms with Gasteiger partial charge in [-0.3, -0.25) is 0 Å². The van der Waals surface area contributed by atoms with E-state index in [4.69, 9.17) is 5.73 Å². The molecule has 0 unspecified atom stereocenters. The van der Waals surface area contributed by atoms with E-state index in [0.29, 0.717) is 6.04 Å². The van der Waals surface area contributed by atoms with Gasteiger partial charge in [0.15, 0.2) is 0 Å². The maximum atomic E-state index is 5.83. The molecule has 12 heavy (non-hydrogen) atoms. The fourth-order valence-corrected chi connectivity index (χ4v) is 1.91. The molecule has 0 bridgehead atoms. The van der Waals surface area contributed by atoms with Crippen LogP contribution < -0.4 is 11.1 Å². The fourth-order valence-electron chi connectivity index (χ4n) is 1.91. The molecule has 1 fully saturated rings. The van der Waals surface area contributed by atoms with E-state index in [1.165, 1.54) is 45.2 Å². The van der Waals surface area contributed by atoms with Gasteiger partial charge < -0.3 is 11.1 Å². The van der Waals surface area contributed by atoms with Crippen molar-refractivity contribution in [2.45, 2.75) is 45.1 Å². The number of rotatable bonds is 5. The Bertz CT molecular complexity index is 114.